The second-order valence-electron chi connectivity index (χ2n) is 11.8. The number of carboxylic acid groups (broad SMARTS) is 1. The van der Waals surface area contributed by atoms with Crippen LogP contribution in [0.2, 0.25) is 10.0 Å². The summed E-state index contributed by atoms with van der Waals surface area (Å²) < 4.78 is 5.51. The van der Waals surface area contributed by atoms with Crippen LogP contribution >= 0.6 is 23.2 Å². The van der Waals surface area contributed by atoms with Gasteiger partial charge >= 0.3 is 5.97 Å². The van der Waals surface area contributed by atoms with Crippen molar-refractivity contribution in [1.29, 1.82) is 5.26 Å². The molecule has 1 aliphatic heterocycles. The van der Waals surface area contributed by atoms with Gasteiger partial charge in [-0.15, -0.1) is 0 Å². The van der Waals surface area contributed by atoms with Crippen molar-refractivity contribution >= 4 is 45.6 Å². The van der Waals surface area contributed by atoms with Crippen LogP contribution in [0.5, 0.6) is 5.75 Å². The van der Waals surface area contributed by atoms with E-state index in [4.69, 9.17) is 27.9 Å². The summed E-state index contributed by atoms with van der Waals surface area (Å²) in [7, 11) is 1.64. The Kier molecular flexibility index (Phi) is 9.16. The Bertz CT molecular complexity index is 1760. The van der Waals surface area contributed by atoms with Crippen LogP contribution < -0.4 is 9.64 Å². The van der Waals surface area contributed by atoms with Gasteiger partial charge in [-0.3, -0.25) is 4.79 Å². The summed E-state index contributed by atoms with van der Waals surface area (Å²) in [6, 6.07) is 16.1. The van der Waals surface area contributed by atoms with Crippen LogP contribution in [0.4, 0.5) is 5.69 Å². The summed E-state index contributed by atoms with van der Waals surface area (Å²) in [4.78, 5) is 13.6. The number of rotatable bonds is 9. The Morgan fingerprint density at radius 3 is 2.47 bits per heavy atom. The number of methoxy groups -OCH3 is 1. The van der Waals surface area contributed by atoms with Crippen molar-refractivity contribution in [2.45, 2.75) is 51.9 Å². The van der Waals surface area contributed by atoms with E-state index in [1.165, 1.54) is 0 Å². The first-order chi connectivity index (χ1) is 20.2. The highest BCUT2D eigenvalue weighted by atomic mass is 35.5. The van der Waals surface area contributed by atoms with Crippen molar-refractivity contribution in [3.05, 3.63) is 117 Å². The molecule has 43 heavy (non-hydrogen) atoms. The molecule has 4 rings (SSSR count). The predicted molar refractivity (Wildman–Crippen MR) is 177 cm³/mol. The molecule has 1 N–H and O–H groups in total. The molecule has 0 saturated heterocycles. The second-order valence-corrected chi connectivity index (χ2v) is 12.6. The van der Waals surface area contributed by atoms with E-state index >= 15 is 0 Å². The smallest absolute Gasteiger partial charge is 0.305 e. The van der Waals surface area contributed by atoms with Crippen LogP contribution in [-0.4, -0.2) is 24.7 Å². The Hall–Kier alpha value is -3.98. The number of ether oxygens (including phenoxy) is 1. The summed E-state index contributed by atoms with van der Waals surface area (Å²) in [6.45, 7) is 14.9. The minimum absolute atomic E-state index is 0.0270. The van der Waals surface area contributed by atoms with E-state index in [1.807, 2.05) is 66.4 Å². The molecule has 0 amide bonds. The van der Waals surface area contributed by atoms with Crippen LogP contribution in [0.25, 0.3) is 10.8 Å². The van der Waals surface area contributed by atoms with Gasteiger partial charge in [0, 0.05) is 28.8 Å². The summed E-state index contributed by atoms with van der Waals surface area (Å²) in [5.41, 5.74) is 5.27. The third kappa shape index (κ3) is 6.22. The first-order valence-electron chi connectivity index (χ1n) is 14.0. The van der Waals surface area contributed by atoms with Gasteiger partial charge < -0.3 is 14.7 Å². The SMILES string of the molecule is C=C(/C=C/C(C#N)=C/C=C1/N(CCC(=O)O)c2ccc3ccc(OC)cc3c2C1(C)C)C(C)(C)c1cc(Cl)c(Cl)cc1C. The maximum atomic E-state index is 11.6. The van der Waals surface area contributed by atoms with Crippen LogP contribution in [-0.2, 0) is 15.6 Å². The Labute approximate surface area is 264 Å². The lowest BCUT2D eigenvalue weighted by atomic mass is 9.76. The molecule has 0 atom stereocenters. The van der Waals surface area contributed by atoms with Crippen molar-refractivity contribution < 1.29 is 14.6 Å². The second kappa shape index (κ2) is 12.3. The highest BCUT2D eigenvalue weighted by Crippen LogP contribution is 2.51. The Morgan fingerprint density at radius 2 is 1.81 bits per heavy atom. The monoisotopic (exact) mass is 614 g/mol. The van der Waals surface area contributed by atoms with E-state index in [-0.39, 0.29) is 6.42 Å². The molecule has 3 aromatic rings. The predicted octanol–water partition coefficient (Wildman–Crippen LogP) is 9.46. The number of carboxylic acids is 1. The van der Waals surface area contributed by atoms with E-state index in [9.17, 15) is 15.2 Å². The maximum absolute atomic E-state index is 11.6. The number of fused-ring (bicyclic) bond motifs is 3. The van der Waals surface area contributed by atoms with Gasteiger partial charge in [-0.1, -0.05) is 75.7 Å². The van der Waals surface area contributed by atoms with Crippen molar-refractivity contribution in [2.24, 2.45) is 0 Å². The van der Waals surface area contributed by atoms with E-state index in [1.54, 1.807) is 19.3 Å². The lowest BCUT2D eigenvalue weighted by Crippen LogP contribution is -2.28. The summed E-state index contributed by atoms with van der Waals surface area (Å²) in [6.07, 6.45) is 7.28. The minimum atomic E-state index is -0.873. The number of allylic oxidation sites excluding steroid dienone is 7. The van der Waals surface area contributed by atoms with Crippen LogP contribution in [0.15, 0.2) is 90.2 Å². The summed E-state index contributed by atoms with van der Waals surface area (Å²) in [5.74, 6) is -0.121. The van der Waals surface area contributed by atoms with Gasteiger partial charge in [-0.25, -0.2) is 0 Å². The van der Waals surface area contributed by atoms with Gasteiger partial charge in [-0.2, -0.15) is 5.26 Å². The number of carbonyl (C=O) groups is 1. The van der Waals surface area contributed by atoms with E-state index < -0.39 is 16.8 Å². The molecule has 0 aromatic heterocycles. The van der Waals surface area contributed by atoms with E-state index in [0.717, 1.165) is 50.2 Å². The topological polar surface area (TPSA) is 73.6 Å². The zero-order valence-corrected chi connectivity index (χ0v) is 26.9. The number of halogens is 2. The largest absolute Gasteiger partial charge is 0.497 e. The molecule has 0 radical (unpaired) electrons. The highest BCUT2D eigenvalue weighted by Gasteiger charge is 2.41. The number of hydrogen-bond donors (Lipinski definition) is 1. The standard InChI is InChI=1S/C36H36Cl2N2O3/c1-22-18-29(37)30(38)20-28(22)35(3,4)23(2)8-9-24(21-39)10-15-32-36(5,6)34-27-19-26(43-7)13-11-25(27)12-14-31(34)40(32)17-16-33(41)42/h8-15,18-20H,2,16-17H2,1,3-7H3,(H,41,42)/b9-8+,24-10-,32-15+. The number of benzene rings is 3. The minimum Gasteiger partial charge on any atom is -0.497 e. The van der Waals surface area contributed by atoms with Crippen molar-refractivity contribution in [3.63, 3.8) is 0 Å². The fourth-order valence-corrected chi connectivity index (χ4v) is 6.21. The number of hydrogen-bond acceptors (Lipinski definition) is 4. The first-order valence-corrected chi connectivity index (χ1v) is 14.7. The molecular formula is C36H36Cl2N2O3. The number of aliphatic carboxylic acids is 1. The zero-order valence-electron chi connectivity index (χ0n) is 25.4. The first kappa shape index (κ1) is 31.9. The third-order valence-corrected chi connectivity index (χ3v) is 9.08. The van der Waals surface area contributed by atoms with Crippen molar-refractivity contribution in [3.8, 4) is 11.8 Å². The normalized spacial score (nSPS) is 15.7. The molecule has 3 aromatic carbocycles. The number of aryl methyl sites for hydroxylation is 1. The quantitative estimate of drug-likeness (QED) is 0.192. The lowest BCUT2D eigenvalue weighted by Gasteiger charge is -2.28. The molecule has 1 aliphatic rings. The molecule has 0 fully saturated rings. The third-order valence-electron chi connectivity index (χ3n) is 8.36. The highest BCUT2D eigenvalue weighted by molar-refractivity contribution is 6.42. The average molecular weight is 616 g/mol. The molecule has 5 nitrogen and oxygen atoms in total. The fraction of sp³-hybridized carbons (Fsp3) is 0.278. The molecule has 0 spiro atoms. The van der Waals surface area contributed by atoms with E-state index in [2.05, 4.69) is 40.3 Å². The van der Waals surface area contributed by atoms with Crippen LogP contribution in [0.1, 0.15) is 50.8 Å². The molecule has 0 unspecified atom stereocenters. The molecule has 0 bridgehead atoms. The summed E-state index contributed by atoms with van der Waals surface area (Å²) >= 11 is 12.5. The van der Waals surface area contributed by atoms with Crippen LogP contribution in [0.3, 0.4) is 0 Å². The Balaban J connectivity index is 1.74. The lowest BCUT2D eigenvalue weighted by molar-refractivity contribution is -0.136. The van der Waals surface area contributed by atoms with Crippen molar-refractivity contribution in [1.82, 2.24) is 0 Å². The van der Waals surface area contributed by atoms with Gasteiger partial charge in [0.1, 0.15) is 5.75 Å². The number of nitrogens with zero attached hydrogens (tertiary/aromatic N) is 2. The molecule has 1 heterocycles. The van der Waals surface area contributed by atoms with Gasteiger partial charge in [0.15, 0.2) is 0 Å². The van der Waals surface area contributed by atoms with Crippen LogP contribution in [0, 0.1) is 18.3 Å². The zero-order chi connectivity index (χ0) is 31.7. The van der Waals surface area contributed by atoms with Crippen molar-refractivity contribution in [2.75, 3.05) is 18.6 Å². The van der Waals surface area contributed by atoms with Gasteiger partial charge in [0.2, 0.25) is 0 Å². The van der Waals surface area contributed by atoms with E-state index in [0.29, 0.717) is 22.2 Å². The van der Waals surface area contributed by atoms with Gasteiger partial charge in [-0.05, 0) is 88.5 Å². The molecule has 0 saturated carbocycles. The van der Waals surface area contributed by atoms with Gasteiger partial charge in [0.25, 0.3) is 0 Å². The summed E-state index contributed by atoms with van der Waals surface area (Å²) in [5, 5.41) is 22.6. The molecule has 0 aliphatic carbocycles. The molecule has 7 heteroatoms. The average Bonchev–Trinajstić information content (AvgIpc) is 3.18. The molecule has 222 valence electrons. The number of anilines is 1. The molecular weight excluding hydrogens is 579 g/mol. The Morgan fingerprint density at radius 1 is 1.14 bits per heavy atom. The van der Waals surface area contributed by atoms with Gasteiger partial charge in [0.05, 0.1) is 35.2 Å². The fourth-order valence-electron chi connectivity index (χ4n) is 5.83. The maximum Gasteiger partial charge on any atom is 0.305 e. The number of nitriles is 1.